The minimum Gasteiger partial charge on any atom is -0.376 e. The molecule has 0 aliphatic heterocycles. The van der Waals surface area contributed by atoms with Crippen LogP contribution in [0.15, 0.2) is 0 Å². The van der Waals surface area contributed by atoms with Crippen molar-refractivity contribution in [1.29, 1.82) is 0 Å². The third-order valence-electron chi connectivity index (χ3n) is 5.10. The summed E-state index contributed by atoms with van der Waals surface area (Å²) in [5.41, 5.74) is 5.70. The van der Waals surface area contributed by atoms with E-state index in [0.717, 1.165) is 19.4 Å². The van der Waals surface area contributed by atoms with Crippen molar-refractivity contribution in [3.05, 3.63) is 0 Å². The Morgan fingerprint density at radius 2 is 1.67 bits per heavy atom. The molecule has 0 heterocycles. The second-order valence-corrected chi connectivity index (χ2v) is 6.81. The number of nitrogens with one attached hydrogen (secondary N) is 1. The number of ether oxygens (including phenoxy) is 1. The molecule has 0 aromatic heterocycles. The predicted molar refractivity (Wildman–Crippen MR) is 85.0 cm³/mol. The Hall–Kier alpha value is -0.610. The molecule has 2 rings (SSSR count). The Bertz CT molecular complexity index is 295. The van der Waals surface area contributed by atoms with Crippen LogP contribution >= 0.6 is 0 Å². The van der Waals surface area contributed by atoms with Crippen molar-refractivity contribution in [1.82, 2.24) is 5.32 Å². The molecular weight excluding hydrogens is 264 g/mol. The Kier molecular flexibility index (Phi) is 7.51. The van der Waals surface area contributed by atoms with Crippen LogP contribution in [-0.2, 0) is 9.53 Å². The molecule has 0 atom stereocenters. The van der Waals surface area contributed by atoms with Crippen molar-refractivity contribution in [3.63, 3.8) is 0 Å². The first kappa shape index (κ1) is 16.8. The lowest BCUT2D eigenvalue weighted by molar-refractivity contribution is -0.122. The summed E-state index contributed by atoms with van der Waals surface area (Å²) in [4.78, 5) is 11.9. The lowest BCUT2D eigenvalue weighted by Crippen LogP contribution is -2.31. The lowest BCUT2D eigenvalue weighted by Gasteiger charge is -2.27. The lowest BCUT2D eigenvalue weighted by atomic mass is 9.80. The summed E-state index contributed by atoms with van der Waals surface area (Å²) < 4.78 is 5.82. The van der Waals surface area contributed by atoms with E-state index < -0.39 is 0 Å². The van der Waals surface area contributed by atoms with Crippen molar-refractivity contribution >= 4 is 5.91 Å². The molecule has 3 N–H and O–H groups in total. The molecule has 0 aromatic rings. The van der Waals surface area contributed by atoms with Gasteiger partial charge in [-0.2, -0.15) is 0 Å². The van der Waals surface area contributed by atoms with Crippen LogP contribution in [0, 0.1) is 11.8 Å². The molecule has 0 saturated heterocycles. The first-order valence-corrected chi connectivity index (χ1v) is 8.86. The van der Waals surface area contributed by atoms with Crippen LogP contribution in [0.4, 0.5) is 0 Å². The molecule has 122 valence electrons. The third kappa shape index (κ3) is 6.35. The van der Waals surface area contributed by atoms with Crippen LogP contribution in [0.2, 0.25) is 0 Å². The minimum absolute atomic E-state index is 0.193. The van der Waals surface area contributed by atoms with Gasteiger partial charge in [-0.1, -0.05) is 19.3 Å². The monoisotopic (exact) mass is 296 g/mol. The van der Waals surface area contributed by atoms with Crippen LogP contribution in [0.3, 0.4) is 0 Å². The summed E-state index contributed by atoms with van der Waals surface area (Å²) in [5.74, 6) is 1.44. The summed E-state index contributed by atoms with van der Waals surface area (Å²) in [5, 5.41) is 3.01. The van der Waals surface area contributed by atoms with Crippen LogP contribution in [0.1, 0.15) is 64.2 Å². The Morgan fingerprint density at radius 3 is 2.33 bits per heavy atom. The normalized spacial score (nSPS) is 27.5. The number of amides is 1. The highest BCUT2D eigenvalue weighted by atomic mass is 16.5. The van der Waals surface area contributed by atoms with Crippen molar-refractivity contribution in [3.8, 4) is 0 Å². The molecule has 0 spiro atoms. The molecule has 21 heavy (non-hydrogen) atoms. The van der Waals surface area contributed by atoms with E-state index in [1.807, 2.05) is 0 Å². The zero-order chi connectivity index (χ0) is 14.9. The summed E-state index contributed by atoms with van der Waals surface area (Å²) in [6.07, 6.45) is 12.1. The van der Waals surface area contributed by atoms with Crippen molar-refractivity contribution in [2.24, 2.45) is 17.6 Å². The zero-order valence-corrected chi connectivity index (χ0v) is 13.3. The Morgan fingerprint density at radius 1 is 1.00 bits per heavy atom. The van der Waals surface area contributed by atoms with Crippen molar-refractivity contribution < 1.29 is 9.53 Å². The zero-order valence-electron chi connectivity index (χ0n) is 13.3. The second kappa shape index (κ2) is 9.42. The molecule has 2 fully saturated rings. The van der Waals surface area contributed by atoms with E-state index in [9.17, 15) is 4.79 Å². The molecule has 0 aromatic carbocycles. The number of hydrogen-bond donors (Lipinski definition) is 2. The minimum atomic E-state index is 0.193. The standard InChI is InChI=1S/C17H32N2O2/c18-13-15-8-6-14(7-9-15)12-17(20)19-10-11-21-16-4-2-1-3-5-16/h14-16H,1-13,18H2,(H,19,20). The predicted octanol–water partition coefficient (Wildman–Crippen LogP) is 2.61. The molecule has 0 radical (unpaired) electrons. The number of carbonyl (C=O) groups excluding carboxylic acids is 1. The SMILES string of the molecule is NCC1CCC(CC(=O)NCCOC2CCCCC2)CC1. The van der Waals surface area contributed by atoms with E-state index in [1.54, 1.807) is 0 Å². The van der Waals surface area contributed by atoms with E-state index in [4.69, 9.17) is 10.5 Å². The van der Waals surface area contributed by atoms with Crippen LogP contribution in [-0.4, -0.2) is 31.7 Å². The molecule has 2 aliphatic rings. The first-order valence-electron chi connectivity index (χ1n) is 8.86. The summed E-state index contributed by atoms with van der Waals surface area (Å²) in [6.45, 7) is 2.13. The van der Waals surface area contributed by atoms with E-state index in [1.165, 1.54) is 44.9 Å². The highest BCUT2D eigenvalue weighted by molar-refractivity contribution is 5.76. The highest BCUT2D eigenvalue weighted by Gasteiger charge is 2.22. The van der Waals surface area contributed by atoms with Gasteiger partial charge < -0.3 is 15.8 Å². The smallest absolute Gasteiger partial charge is 0.220 e. The summed E-state index contributed by atoms with van der Waals surface area (Å²) in [6, 6.07) is 0. The largest absolute Gasteiger partial charge is 0.376 e. The fraction of sp³-hybridized carbons (Fsp3) is 0.941. The van der Waals surface area contributed by atoms with E-state index in [2.05, 4.69) is 5.32 Å². The summed E-state index contributed by atoms with van der Waals surface area (Å²) >= 11 is 0. The maximum Gasteiger partial charge on any atom is 0.220 e. The third-order valence-corrected chi connectivity index (χ3v) is 5.10. The second-order valence-electron chi connectivity index (χ2n) is 6.81. The average Bonchev–Trinajstić information content (AvgIpc) is 2.53. The van der Waals surface area contributed by atoms with Gasteiger partial charge >= 0.3 is 0 Å². The topological polar surface area (TPSA) is 64.4 Å². The number of nitrogens with two attached hydrogens (primary N) is 1. The average molecular weight is 296 g/mol. The van der Waals surface area contributed by atoms with Crippen LogP contribution in [0.5, 0.6) is 0 Å². The van der Waals surface area contributed by atoms with Crippen molar-refractivity contribution in [2.75, 3.05) is 19.7 Å². The molecule has 0 unspecified atom stereocenters. The van der Waals surface area contributed by atoms with E-state index in [0.29, 0.717) is 37.5 Å². The molecule has 4 nitrogen and oxygen atoms in total. The van der Waals surface area contributed by atoms with Gasteiger partial charge in [0.25, 0.3) is 0 Å². The van der Waals surface area contributed by atoms with Gasteiger partial charge in [-0.3, -0.25) is 4.79 Å². The quantitative estimate of drug-likeness (QED) is 0.710. The van der Waals surface area contributed by atoms with Gasteiger partial charge in [0, 0.05) is 13.0 Å². The van der Waals surface area contributed by atoms with Gasteiger partial charge in [0.15, 0.2) is 0 Å². The number of hydrogen-bond acceptors (Lipinski definition) is 3. The van der Waals surface area contributed by atoms with Crippen LogP contribution < -0.4 is 11.1 Å². The van der Waals surface area contributed by atoms with Gasteiger partial charge in [0.05, 0.1) is 12.7 Å². The van der Waals surface area contributed by atoms with E-state index in [-0.39, 0.29) is 5.91 Å². The number of rotatable bonds is 7. The highest BCUT2D eigenvalue weighted by Crippen LogP contribution is 2.30. The Balaban J connectivity index is 1.49. The molecule has 0 bridgehead atoms. The van der Waals surface area contributed by atoms with Gasteiger partial charge in [-0.15, -0.1) is 0 Å². The summed E-state index contributed by atoms with van der Waals surface area (Å²) in [7, 11) is 0. The maximum atomic E-state index is 11.9. The molecular formula is C17H32N2O2. The van der Waals surface area contributed by atoms with Gasteiger partial charge in [-0.25, -0.2) is 0 Å². The molecule has 2 aliphatic carbocycles. The molecule has 4 heteroatoms. The van der Waals surface area contributed by atoms with Crippen molar-refractivity contribution in [2.45, 2.75) is 70.3 Å². The first-order chi connectivity index (χ1) is 10.3. The van der Waals surface area contributed by atoms with Gasteiger partial charge in [-0.05, 0) is 56.9 Å². The van der Waals surface area contributed by atoms with Gasteiger partial charge in [0.2, 0.25) is 5.91 Å². The fourth-order valence-corrected chi connectivity index (χ4v) is 3.65. The van der Waals surface area contributed by atoms with E-state index >= 15 is 0 Å². The van der Waals surface area contributed by atoms with Gasteiger partial charge in [0.1, 0.15) is 0 Å². The maximum absolute atomic E-state index is 11.9. The molecule has 1 amide bonds. The fourth-order valence-electron chi connectivity index (χ4n) is 3.65. The van der Waals surface area contributed by atoms with Crippen LogP contribution in [0.25, 0.3) is 0 Å². The Labute approximate surface area is 129 Å². The number of carbonyl (C=O) groups is 1. The molecule has 2 saturated carbocycles.